The quantitative estimate of drug-likeness (QED) is 0.909. The van der Waals surface area contributed by atoms with Crippen molar-refractivity contribution in [2.75, 3.05) is 39.0 Å². The monoisotopic (exact) mass is 276 g/mol. The van der Waals surface area contributed by atoms with Gasteiger partial charge in [0.05, 0.1) is 17.4 Å². The molecule has 1 unspecified atom stereocenters. The van der Waals surface area contributed by atoms with Crippen molar-refractivity contribution in [3.8, 4) is 0 Å². The molecule has 1 aliphatic heterocycles. The predicted molar refractivity (Wildman–Crippen MR) is 81.0 cm³/mol. The van der Waals surface area contributed by atoms with E-state index in [1.54, 1.807) is 18.5 Å². The van der Waals surface area contributed by atoms with Crippen LogP contribution >= 0.6 is 0 Å². The minimum Gasteiger partial charge on any atom is -0.383 e. The number of likely N-dealkylation sites (N-methyl/N-ethyl adjacent to an activating group) is 1. The molecule has 20 heavy (non-hydrogen) atoms. The van der Waals surface area contributed by atoms with Crippen LogP contribution in [0.15, 0.2) is 18.5 Å². The third-order valence-electron chi connectivity index (χ3n) is 3.83. The van der Waals surface area contributed by atoms with Gasteiger partial charge in [0, 0.05) is 31.9 Å². The van der Waals surface area contributed by atoms with Crippen LogP contribution in [0, 0.1) is 0 Å². The molecule has 0 saturated carbocycles. The number of carbonyl (C=O) groups is 1. The van der Waals surface area contributed by atoms with Gasteiger partial charge in [0.2, 0.25) is 0 Å². The highest BCUT2D eigenvalue weighted by Gasteiger charge is 2.26. The van der Waals surface area contributed by atoms with Crippen molar-refractivity contribution in [3.05, 3.63) is 24.0 Å². The molecule has 0 bridgehead atoms. The average molecular weight is 276 g/mol. The Labute approximate surface area is 121 Å². The lowest BCUT2D eigenvalue weighted by molar-refractivity contribution is 0.0636. The summed E-state index contributed by atoms with van der Waals surface area (Å²) >= 11 is 0. The first-order valence-corrected chi connectivity index (χ1v) is 7.27. The number of carbonyl (C=O) groups excluding carboxylic acids is 1. The van der Waals surface area contributed by atoms with E-state index in [4.69, 9.17) is 0 Å². The second-order valence-corrected chi connectivity index (χ2v) is 5.46. The molecular formula is C15H24N4O. The summed E-state index contributed by atoms with van der Waals surface area (Å²) in [5.41, 5.74) is 1.55. The number of likely N-dealkylation sites (tertiary alicyclic amines) is 1. The van der Waals surface area contributed by atoms with Crippen LogP contribution in [0.2, 0.25) is 0 Å². The molecule has 2 rings (SSSR count). The van der Waals surface area contributed by atoms with E-state index in [0.29, 0.717) is 6.04 Å². The van der Waals surface area contributed by atoms with E-state index in [1.807, 2.05) is 11.8 Å². The highest BCUT2D eigenvalue weighted by molar-refractivity contribution is 5.99. The van der Waals surface area contributed by atoms with E-state index >= 15 is 0 Å². The summed E-state index contributed by atoms with van der Waals surface area (Å²) < 4.78 is 0. The SMILES string of the molecule is CCNc1cnccc1C(=O)N1CCCC(N(C)C)C1. The number of rotatable bonds is 4. The van der Waals surface area contributed by atoms with Gasteiger partial charge in [-0.2, -0.15) is 0 Å². The highest BCUT2D eigenvalue weighted by Crippen LogP contribution is 2.20. The smallest absolute Gasteiger partial charge is 0.256 e. The number of nitrogens with one attached hydrogen (secondary N) is 1. The van der Waals surface area contributed by atoms with E-state index in [2.05, 4.69) is 29.3 Å². The standard InChI is InChI=1S/C15H24N4O/c1-4-17-14-10-16-8-7-13(14)15(20)19-9-5-6-12(11-19)18(2)3/h7-8,10,12,17H,4-6,9,11H2,1-3H3. The Kier molecular flexibility index (Phi) is 4.95. The second kappa shape index (κ2) is 6.70. The number of aromatic nitrogens is 1. The number of nitrogens with zero attached hydrogens (tertiary/aromatic N) is 3. The molecule has 5 heteroatoms. The van der Waals surface area contributed by atoms with Crippen LogP contribution in [-0.4, -0.2) is 60.5 Å². The first-order chi connectivity index (χ1) is 9.63. The van der Waals surface area contributed by atoms with E-state index in [0.717, 1.165) is 43.7 Å². The number of amides is 1. The van der Waals surface area contributed by atoms with Gasteiger partial charge in [-0.1, -0.05) is 0 Å². The Hall–Kier alpha value is -1.62. The zero-order valence-electron chi connectivity index (χ0n) is 12.6. The number of anilines is 1. The van der Waals surface area contributed by atoms with Gasteiger partial charge in [-0.3, -0.25) is 9.78 Å². The van der Waals surface area contributed by atoms with Gasteiger partial charge in [-0.25, -0.2) is 0 Å². The molecule has 1 saturated heterocycles. The molecule has 1 aliphatic rings. The third kappa shape index (κ3) is 3.28. The van der Waals surface area contributed by atoms with Crippen LogP contribution in [0.25, 0.3) is 0 Å². The molecule has 1 amide bonds. The fourth-order valence-corrected chi connectivity index (χ4v) is 2.64. The van der Waals surface area contributed by atoms with Crippen LogP contribution in [-0.2, 0) is 0 Å². The molecule has 0 aromatic carbocycles. The maximum Gasteiger partial charge on any atom is 0.256 e. The minimum atomic E-state index is 0.106. The van der Waals surface area contributed by atoms with Gasteiger partial charge in [0.1, 0.15) is 0 Å². The number of pyridine rings is 1. The van der Waals surface area contributed by atoms with Crippen molar-refractivity contribution in [2.24, 2.45) is 0 Å². The number of hydrogen-bond acceptors (Lipinski definition) is 4. The summed E-state index contributed by atoms with van der Waals surface area (Å²) in [6.07, 6.45) is 5.63. The van der Waals surface area contributed by atoms with Crippen LogP contribution in [0.3, 0.4) is 0 Å². The first-order valence-electron chi connectivity index (χ1n) is 7.27. The molecule has 1 aromatic rings. The fraction of sp³-hybridized carbons (Fsp3) is 0.600. The zero-order valence-corrected chi connectivity index (χ0v) is 12.6. The molecule has 110 valence electrons. The summed E-state index contributed by atoms with van der Waals surface area (Å²) in [7, 11) is 4.16. The van der Waals surface area contributed by atoms with E-state index in [9.17, 15) is 4.79 Å². The highest BCUT2D eigenvalue weighted by atomic mass is 16.2. The topological polar surface area (TPSA) is 48.5 Å². The molecule has 1 aromatic heterocycles. The molecule has 1 N–H and O–H groups in total. The van der Waals surface area contributed by atoms with Crippen LogP contribution in [0.4, 0.5) is 5.69 Å². The Balaban J connectivity index is 2.14. The van der Waals surface area contributed by atoms with E-state index in [1.165, 1.54) is 0 Å². The Bertz CT molecular complexity index is 461. The van der Waals surface area contributed by atoms with E-state index in [-0.39, 0.29) is 5.91 Å². The fourth-order valence-electron chi connectivity index (χ4n) is 2.64. The maximum atomic E-state index is 12.7. The summed E-state index contributed by atoms with van der Waals surface area (Å²) in [5.74, 6) is 0.106. The van der Waals surface area contributed by atoms with Gasteiger partial charge >= 0.3 is 0 Å². The molecule has 0 radical (unpaired) electrons. The normalized spacial score (nSPS) is 19.2. The average Bonchev–Trinajstić information content (AvgIpc) is 2.47. The van der Waals surface area contributed by atoms with Crippen molar-refractivity contribution < 1.29 is 4.79 Å². The molecule has 1 atom stereocenters. The summed E-state index contributed by atoms with van der Waals surface area (Å²) in [6.45, 7) is 4.45. The second-order valence-electron chi connectivity index (χ2n) is 5.46. The Morgan fingerprint density at radius 2 is 2.35 bits per heavy atom. The third-order valence-corrected chi connectivity index (χ3v) is 3.83. The van der Waals surface area contributed by atoms with Crippen molar-refractivity contribution in [2.45, 2.75) is 25.8 Å². The molecule has 1 fully saturated rings. The summed E-state index contributed by atoms with van der Waals surface area (Å²) in [5, 5.41) is 3.21. The summed E-state index contributed by atoms with van der Waals surface area (Å²) in [4.78, 5) is 21.0. The lowest BCUT2D eigenvalue weighted by atomic mass is 10.0. The molecule has 5 nitrogen and oxygen atoms in total. The molecule has 2 heterocycles. The van der Waals surface area contributed by atoms with Crippen molar-refractivity contribution in [1.29, 1.82) is 0 Å². The van der Waals surface area contributed by atoms with Gasteiger partial charge < -0.3 is 15.1 Å². The van der Waals surface area contributed by atoms with Gasteiger partial charge in [-0.15, -0.1) is 0 Å². The molecule has 0 spiro atoms. The number of hydrogen-bond donors (Lipinski definition) is 1. The molecular weight excluding hydrogens is 252 g/mol. The van der Waals surface area contributed by atoms with Crippen LogP contribution in [0.5, 0.6) is 0 Å². The van der Waals surface area contributed by atoms with Gasteiger partial charge in [0.15, 0.2) is 0 Å². The van der Waals surface area contributed by atoms with Gasteiger partial charge in [-0.05, 0) is 39.9 Å². The van der Waals surface area contributed by atoms with Crippen molar-refractivity contribution >= 4 is 11.6 Å². The van der Waals surface area contributed by atoms with Gasteiger partial charge in [0.25, 0.3) is 5.91 Å². The number of piperidine rings is 1. The Morgan fingerprint density at radius 3 is 3.05 bits per heavy atom. The molecule has 0 aliphatic carbocycles. The lowest BCUT2D eigenvalue weighted by Crippen LogP contribution is -2.47. The van der Waals surface area contributed by atoms with Crippen LogP contribution < -0.4 is 5.32 Å². The maximum absolute atomic E-state index is 12.7. The summed E-state index contributed by atoms with van der Waals surface area (Å²) in [6, 6.07) is 2.26. The Morgan fingerprint density at radius 1 is 1.55 bits per heavy atom. The van der Waals surface area contributed by atoms with Crippen molar-refractivity contribution in [1.82, 2.24) is 14.8 Å². The largest absolute Gasteiger partial charge is 0.383 e. The minimum absolute atomic E-state index is 0.106. The zero-order chi connectivity index (χ0) is 14.5. The first kappa shape index (κ1) is 14.8. The predicted octanol–water partition coefficient (Wildman–Crippen LogP) is 1.68. The van der Waals surface area contributed by atoms with E-state index < -0.39 is 0 Å². The van der Waals surface area contributed by atoms with Crippen LogP contribution in [0.1, 0.15) is 30.1 Å². The lowest BCUT2D eigenvalue weighted by Gasteiger charge is -2.36. The van der Waals surface area contributed by atoms with Crippen molar-refractivity contribution in [3.63, 3.8) is 0 Å².